The van der Waals surface area contributed by atoms with Gasteiger partial charge in [0.15, 0.2) is 0 Å². The molecule has 27 heavy (non-hydrogen) atoms. The summed E-state index contributed by atoms with van der Waals surface area (Å²) < 4.78 is 4.94. The molecule has 0 saturated heterocycles. The van der Waals surface area contributed by atoms with Gasteiger partial charge < -0.3 is 10.1 Å². The van der Waals surface area contributed by atoms with E-state index < -0.39 is 10.9 Å². The standard InChI is InChI=1S/C20H17ClN2O4/c1-27-20(24)15-8-9-16(21)19-17(15)13-6-3-7-14(13)18(22-19)11-4-2-5-12(10-11)23(25)26/h2-6,8-10,13-14,18,22H,7H2,1H3/t13-,14+,18+/m1/s1. The number of benzene rings is 2. The Kier molecular flexibility index (Phi) is 4.36. The van der Waals surface area contributed by atoms with Crippen LogP contribution in [0, 0.1) is 16.0 Å². The first-order chi connectivity index (χ1) is 13.0. The molecule has 6 nitrogen and oxygen atoms in total. The van der Waals surface area contributed by atoms with Crippen LogP contribution in [0.4, 0.5) is 11.4 Å². The van der Waals surface area contributed by atoms with Crippen molar-refractivity contribution in [2.45, 2.75) is 18.4 Å². The number of nitro groups is 1. The van der Waals surface area contributed by atoms with Crippen LogP contribution in [0.25, 0.3) is 0 Å². The molecule has 2 aromatic carbocycles. The number of hydrogen-bond donors (Lipinski definition) is 1. The van der Waals surface area contributed by atoms with Crippen molar-refractivity contribution in [1.82, 2.24) is 0 Å². The smallest absolute Gasteiger partial charge is 0.338 e. The highest BCUT2D eigenvalue weighted by atomic mass is 35.5. The Hall–Kier alpha value is -2.86. The van der Waals surface area contributed by atoms with E-state index in [4.69, 9.17) is 16.3 Å². The number of nitro benzene ring substituents is 1. The summed E-state index contributed by atoms with van der Waals surface area (Å²) in [5.41, 5.74) is 2.88. The maximum absolute atomic E-state index is 12.3. The molecule has 0 fully saturated rings. The number of carbonyl (C=O) groups is 1. The molecule has 3 atom stereocenters. The predicted molar refractivity (Wildman–Crippen MR) is 102 cm³/mol. The molecule has 0 aromatic heterocycles. The summed E-state index contributed by atoms with van der Waals surface area (Å²) in [4.78, 5) is 23.0. The summed E-state index contributed by atoms with van der Waals surface area (Å²) in [5.74, 6) is -0.294. The summed E-state index contributed by atoms with van der Waals surface area (Å²) in [6.07, 6.45) is 4.97. The third-order valence-electron chi connectivity index (χ3n) is 5.31. The largest absolute Gasteiger partial charge is 0.465 e. The average Bonchev–Trinajstić information content (AvgIpc) is 3.17. The molecule has 0 radical (unpaired) electrons. The number of non-ortho nitro benzene ring substituents is 1. The summed E-state index contributed by atoms with van der Waals surface area (Å²) in [6.45, 7) is 0. The molecule has 1 aliphatic carbocycles. The minimum Gasteiger partial charge on any atom is -0.465 e. The molecule has 2 aliphatic rings. The van der Waals surface area contributed by atoms with Crippen molar-refractivity contribution in [3.8, 4) is 0 Å². The van der Waals surface area contributed by atoms with Gasteiger partial charge in [-0.2, -0.15) is 0 Å². The number of hydrogen-bond acceptors (Lipinski definition) is 5. The van der Waals surface area contributed by atoms with E-state index in [1.807, 2.05) is 6.07 Å². The first kappa shape index (κ1) is 17.5. The summed E-state index contributed by atoms with van der Waals surface area (Å²) in [5, 5.41) is 15.1. The fraction of sp³-hybridized carbons (Fsp3) is 0.250. The van der Waals surface area contributed by atoms with E-state index in [9.17, 15) is 14.9 Å². The summed E-state index contributed by atoms with van der Waals surface area (Å²) >= 11 is 6.44. The average molecular weight is 385 g/mol. The zero-order valence-electron chi connectivity index (χ0n) is 14.5. The van der Waals surface area contributed by atoms with Crippen LogP contribution in [0.3, 0.4) is 0 Å². The van der Waals surface area contributed by atoms with Crippen molar-refractivity contribution >= 4 is 28.9 Å². The second kappa shape index (κ2) is 6.70. The molecule has 1 heterocycles. The lowest BCUT2D eigenvalue weighted by Crippen LogP contribution is -2.30. The number of allylic oxidation sites excluding steroid dienone is 2. The Morgan fingerprint density at radius 1 is 1.33 bits per heavy atom. The van der Waals surface area contributed by atoms with E-state index in [-0.39, 0.29) is 23.6 Å². The Bertz CT molecular complexity index is 972. The van der Waals surface area contributed by atoms with Gasteiger partial charge in [-0.25, -0.2) is 4.79 Å². The topological polar surface area (TPSA) is 81.5 Å². The van der Waals surface area contributed by atoms with Crippen LogP contribution in [0.1, 0.15) is 39.9 Å². The van der Waals surface area contributed by atoms with Gasteiger partial charge in [0.05, 0.1) is 34.3 Å². The van der Waals surface area contributed by atoms with Gasteiger partial charge in [0, 0.05) is 18.1 Å². The van der Waals surface area contributed by atoms with Crippen LogP contribution in [-0.2, 0) is 4.74 Å². The maximum atomic E-state index is 12.3. The molecule has 1 aliphatic heterocycles. The van der Waals surface area contributed by atoms with Crippen LogP contribution in [0.5, 0.6) is 0 Å². The quantitative estimate of drug-likeness (QED) is 0.353. The number of ether oxygens (including phenoxy) is 1. The molecular weight excluding hydrogens is 368 g/mol. The number of rotatable bonds is 3. The SMILES string of the molecule is COC(=O)c1ccc(Cl)c2c1[C@@H]1C=CC[C@@H]1[C@H](c1cccc([N+](=O)[O-])c1)N2. The number of esters is 1. The zero-order valence-corrected chi connectivity index (χ0v) is 15.3. The van der Waals surface area contributed by atoms with Crippen molar-refractivity contribution < 1.29 is 14.5 Å². The first-order valence-corrected chi connectivity index (χ1v) is 8.97. The van der Waals surface area contributed by atoms with Gasteiger partial charge in [-0.05, 0) is 35.6 Å². The normalized spacial score (nSPS) is 22.5. The Morgan fingerprint density at radius 2 is 2.15 bits per heavy atom. The van der Waals surface area contributed by atoms with Gasteiger partial charge in [0.2, 0.25) is 0 Å². The van der Waals surface area contributed by atoms with E-state index in [1.165, 1.54) is 13.2 Å². The molecule has 0 bridgehead atoms. The van der Waals surface area contributed by atoms with Crippen LogP contribution in [0.15, 0.2) is 48.6 Å². The molecule has 2 aromatic rings. The zero-order chi connectivity index (χ0) is 19.1. The third-order valence-corrected chi connectivity index (χ3v) is 5.63. The van der Waals surface area contributed by atoms with Crippen LogP contribution >= 0.6 is 11.6 Å². The van der Waals surface area contributed by atoms with Crippen LogP contribution in [0.2, 0.25) is 5.02 Å². The van der Waals surface area contributed by atoms with Gasteiger partial charge >= 0.3 is 5.97 Å². The minimum atomic E-state index is -0.405. The number of anilines is 1. The first-order valence-electron chi connectivity index (χ1n) is 8.59. The van der Waals surface area contributed by atoms with E-state index in [1.54, 1.807) is 24.3 Å². The maximum Gasteiger partial charge on any atom is 0.338 e. The highest BCUT2D eigenvalue weighted by Crippen LogP contribution is 2.52. The molecule has 7 heteroatoms. The lowest BCUT2D eigenvalue weighted by Gasteiger charge is -2.38. The van der Waals surface area contributed by atoms with Gasteiger partial charge in [0.25, 0.3) is 5.69 Å². The molecule has 138 valence electrons. The molecule has 1 N–H and O–H groups in total. The number of nitrogens with zero attached hydrogens (tertiary/aromatic N) is 1. The van der Waals surface area contributed by atoms with E-state index in [2.05, 4.69) is 17.5 Å². The fourth-order valence-electron chi connectivity index (χ4n) is 4.12. The fourth-order valence-corrected chi connectivity index (χ4v) is 4.34. The van der Waals surface area contributed by atoms with Gasteiger partial charge in [-0.1, -0.05) is 35.9 Å². The van der Waals surface area contributed by atoms with E-state index in [0.29, 0.717) is 16.3 Å². The Labute approximate surface area is 160 Å². The van der Waals surface area contributed by atoms with Crippen molar-refractivity contribution in [1.29, 1.82) is 0 Å². The lowest BCUT2D eigenvalue weighted by molar-refractivity contribution is -0.384. The van der Waals surface area contributed by atoms with Crippen molar-refractivity contribution in [2.75, 3.05) is 12.4 Å². The minimum absolute atomic E-state index is 0.0155. The number of halogens is 1. The van der Waals surface area contributed by atoms with E-state index >= 15 is 0 Å². The van der Waals surface area contributed by atoms with Crippen molar-refractivity contribution in [3.63, 3.8) is 0 Å². The summed E-state index contributed by atoms with van der Waals surface area (Å²) in [6, 6.07) is 9.85. The van der Waals surface area contributed by atoms with Gasteiger partial charge in [-0.15, -0.1) is 0 Å². The van der Waals surface area contributed by atoms with Crippen LogP contribution < -0.4 is 5.32 Å². The monoisotopic (exact) mass is 384 g/mol. The molecule has 0 amide bonds. The highest BCUT2D eigenvalue weighted by Gasteiger charge is 2.41. The number of fused-ring (bicyclic) bond motifs is 3. The number of nitrogens with one attached hydrogen (secondary N) is 1. The van der Waals surface area contributed by atoms with Crippen molar-refractivity contribution in [3.05, 3.63) is 80.4 Å². The number of carbonyl (C=O) groups excluding carboxylic acids is 1. The van der Waals surface area contributed by atoms with Crippen LogP contribution in [-0.4, -0.2) is 18.0 Å². The highest BCUT2D eigenvalue weighted by molar-refractivity contribution is 6.33. The molecule has 0 unspecified atom stereocenters. The summed E-state index contributed by atoms with van der Waals surface area (Å²) in [7, 11) is 1.35. The molecule has 0 saturated carbocycles. The third kappa shape index (κ3) is 2.86. The van der Waals surface area contributed by atoms with Crippen molar-refractivity contribution in [2.24, 2.45) is 5.92 Å². The number of methoxy groups -OCH3 is 1. The second-order valence-electron chi connectivity index (χ2n) is 6.70. The second-order valence-corrected chi connectivity index (χ2v) is 7.11. The molecular formula is C20H17ClN2O4. The Morgan fingerprint density at radius 3 is 2.89 bits per heavy atom. The Balaban J connectivity index is 1.84. The molecule has 4 rings (SSSR count). The van der Waals surface area contributed by atoms with Gasteiger partial charge in [0.1, 0.15) is 0 Å². The molecule has 0 spiro atoms. The van der Waals surface area contributed by atoms with E-state index in [0.717, 1.165) is 17.5 Å². The van der Waals surface area contributed by atoms with Gasteiger partial charge in [-0.3, -0.25) is 10.1 Å². The predicted octanol–water partition coefficient (Wildman–Crippen LogP) is 4.86. The lowest BCUT2D eigenvalue weighted by atomic mass is 9.75.